The molecular formula is C15H21N3. The van der Waals surface area contributed by atoms with E-state index in [2.05, 4.69) is 18.3 Å². The fourth-order valence-electron chi connectivity index (χ4n) is 2.58. The third-order valence-electron chi connectivity index (χ3n) is 3.90. The Morgan fingerprint density at radius 2 is 2.06 bits per heavy atom. The van der Waals surface area contributed by atoms with E-state index in [4.69, 9.17) is 11.0 Å². The number of rotatable bonds is 3. The lowest BCUT2D eigenvalue weighted by Gasteiger charge is -2.26. The van der Waals surface area contributed by atoms with Crippen LogP contribution in [0.2, 0.25) is 0 Å². The smallest absolute Gasteiger partial charge is 0.0992 e. The molecule has 1 aliphatic carbocycles. The Bertz CT molecular complexity index is 440. The molecule has 0 saturated heterocycles. The average Bonchev–Trinajstić information content (AvgIpc) is 2.39. The third-order valence-corrected chi connectivity index (χ3v) is 3.90. The lowest BCUT2D eigenvalue weighted by atomic mass is 9.83. The lowest BCUT2D eigenvalue weighted by Crippen LogP contribution is -2.20. The topological polar surface area (TPSA) is 61.8 Å². The first-order valence-corrected chi connectivity index (χ1v) is 6.72. The number of benzene rings is 1. The molecule has 1 saturated carbocycles. The van der Waals surface area contributed by atoms with Crippen molar-refractivity contribution in [1.29, 1.82) is 5.26 Å². The maximum atomic E-state index is 8.79. The highest BCUT2D eigenvalue weighted by Gasteiger charge is 2.17. The van der Waals surface area contributed by atoms with Crippen LogP contribution >= 0.6 is 0 Å². The lowest BCUT2D eigenvalue weighted by molar-refractivity contribution is 0.300. The molecule has 3 nitrogen and oxygen atoms in total. The molecule has 1 aliphatic rings. The zero-order valence-electron chi connectivity index (χ0n) is 10.9. The summed E-state index contributed by atoms with van der Waals surface area (Å²) in [7, 11) is 0. The van der Waals surface area contributed by atoms with Gasteiger partial charge in [0, 0.05) is 6.54 Å². The maximum Gasteiger partial charge on any atom is 0.0992 e. The predicted molar refractivity (Wildman–Crippen MR) is 75.2 cm³/mol. The molecule has 96 valence electrons. The minimum Gasteiger partial charge on any atom is -0.397 e. The van der Waals surface area contributed by atoms with Crippen molar-refractivity contribution in [2.45, 2.75) is 32.6 Å². The maximum absolute atomic E-state index is 8.79. The van der Waals surface area contributed by atoms with Gasteiger partial charge in [0.25, 0.3) is 0 Å². The molecule has 0 amide bonds. The molecule has 0 unspecified atom stereocenters. The van der Waals surface area contributed by atoms with Gasteiger partial charge < -0.3 is 11.1 Å². The summed E-state index contributed by atoms with van der Waals surface area (Å²) in [6, 6.07) is 7.53. The number of anilines is 2. The van der Waals surface area contributed by atoms with E-state index in [0.717, 1.165) is 24.1 Å². The number of nitriles is 1. The van der Waals surface area contributed by atoms with Gasteiger partial charge in [0.05, 0.1) is 23.0 Å². The summed E-state index contributed by atoms with van der Waals surface area (Å²) in [4.78, 5) is 0. The van der Waals surface area contributed by atoms with Crippen LogP contribution in [0.25, 0.3) is 0 Å². The summed E-state index contributed by atoms with van der Waals surface area (Å²) >= 11 is 0. The van der Waals surface area contributed by atoms with Crippen molar-refractivity contribution >= 4 is 11.4 Å². The molecular weight excluding hydrogens is 222 g/mol. The molecule has 0 atom stereocenters. The van der Waals surface area contributed by atoms with E-state index < -0.39 is 0 Å². The summed E-state index contributed by atoms with van der Waals surface area (Å²) in [5, 5.41) is 12.2. The summed E-state index contributed by atoms with van der Waals surface area (Å²) in [6.07, 6.45) is 5.30. The van der Waals surface area contributed by atoms with Crippen LogP contribution in [0.3, 0.4) is 0 Å². The van der Waals surface area contributed by atoms with E-state index in [9.17, 15) is 0 Å². The first-order chi connectivity index (χ1) is 8.69. The minimum atomic E-state index is 0.615. The molecule has 0 radical (unpaired) electrons. The molecule has 2 rings (SSSR count). The van der Waals surface area contributed by atoms with Crippen LogP contribution in [0.15, 0.2) is 18.2 Å². The molecule has 18 heavy (non-hydrogen) atoms. The number of hydrogen-bond donors (Lipinski definition) is 2. The Kier molecular flexibility index (Phi) is 4.09. The Balaban J connectivity index is 1.89. The van der Waals surface area contributed by atoms with Gasteiger partial charge in [0.1, 0.15) is 0 Å². The molecule has 1 fully saturated rings. The van der Waals surface area contributed by atoms with Crippen molar-refractivity contribution in [3.8, 4) is 6.07 Å². The predicted octanol–water partition coefficient (Wildman–Crippen LogP) is 3.38. The van der Waals surface area contributed by atoms with Crippen LogP contribution in [-0.2, 0) is 0 Å². The Morgan fingerprint density at radius 1 is 1.33 bits per heavy atom. The van der Waals surface area contributed by atoms with Crippen LogP contribution in [-0.4, -0.2) is 6.54 Å². The quantitative estimate of drug-likeness (QED) is 0.800. The number of hydrogen-bond acceptors (Lipinski definition) is 3. The van der Waals surface area contributed by atoms with E-state index in [1.165, 1.54) is 25.7 Å². The second-order valence-corrected chi connectivity index (χ2v) is 5.42. The van der Waals surface area contributed by atoms with Crippen LogP contribution in [0, 0.1) is 23.2 Å². The normalized spacial score (nSPS) is 23.3. The molecule has 1 aromatic rings. The molecule has 0 spiro atoms. The molecule has 0 bridgehead atoms. The van der Waals surface area contributed by atoms with Gasteiger partial charge in [-0.15, -0.1) is 0 Å². The van der Waals surface area contributed by atoms with Crippen LogP contribution in [0.5, 0.6) is 0 Å². The largest absolute Gasteiger partial charge is 0.397 e. The van der Waals surface area contributed by atoms with E-state index >= 15 is 0 Å². The molecule has 3 N–H and O–H groups in total. The molecule has 0 aliphatic heterocycles. The van der Waals surface area contributed by atoms with E-state index in [1.54, 1.807) is 6.07 Å². The summed E-state index contributed by atoms with van der Waals surface area (Å²) in [6.45, 7) is 3.32. The number of nitrogens with two attached hydrogens (primary N) is 1. The highest BCUT2D eigenvalue weighted by molar-refractivity contribution is 5.68. The van der Waals surface area contributed by atoms with Crippen molar-refractivity contribution in [3.05, 3.63) is 23.8 Å². The fraction of sp³-hybridized carbons (Fsp3) is 0.533. The molecule has 3 heteroatoms. The van der Waals surface area contributed by atoms with Crippen LogP contribution < -0.4 is 11.1 Å². The zero-order chi connectivity index (χ0) is 13.0. The third kappa shape index (κ3) is 3.16. The molecule has 0 heterocycles. The average molecular weight is 243 g/mol. The monoisotopic (exact) mass is 243 g/mol. The summed E-state index contributed by atoms with van der Waals surface area (Å²) in [5.74, 6) is 1.65. The van der Waals surface area contributed by atoms with Gasteiger partial charge in [-0.2, -0.15) is 5.26 Å². The second kappa shape index (κ2) is 5.77. The van der Waals surface area contributed by atoms with Crippen molar-refractivity contribution in [2.24, 2.45) is 11.8 Å². The minimum absolute atomic E-state index is 0.615. The van der Waals surface area contributed by atoms with Gasteiger partial charge in [0.2, 0.25) is 0 Å². The van der Waals surface area contributed by atoms with Gasteiger partial charge in [-0.05, 0) is 42.9 Å². The number of nitrogens with one attached hydrogen (secondary N) is 1. The zero-order valence-corrected chi connectivity index (χ0v) is 10.9. The van der Waals surface area contributed by atoms with Crippen molar-refractivity contribution in [3.63, 3.8) is 0 Å². The van der Waals surface area contributed by atoms with Gasteiger partial charge in [-0.1, -0.05) is 19.8 Å². The highest BCUT2D eigenvalue weighted by atomic mass is 14.9. The highest BCUT2D eigenvalue weighted by Crippen LogP contribution is 2.29. The van der Waals surface area contributed by atoms with Crippen LogP contribution in [0.1, 0.15) is 38.2 Å². The fourth-order valence-corrected chi connectivity index (χ4v) is 2.58. The van der Waals surface area contributed by atoms with E-state index in [-0.39, 0.29) is 0 Å². The summed E-state index contributed by atoms with van der Waals surface area (Å²) < 4.78 is 0. The van der Waals surface area contributed by atoms with Crippen molar-refractivity contribution < 1.29 is 0 Å². The number of nitrogen functional groups attached to an aromatic ring is 1. The number of nitrogens with zero attached hydrogens (tertiary/aromatic N) is 1. The van der Waals surface area contributed by atoms with Crippen LogP contribution in [0.4, 0.5) is 11.4 Å². The Morgan fingerprint density at radius 3 is 2.67 bits per heavy atom. The summed E-state index contributed by atoms with van der Waals surface area (Å²) in [5.41, 5.74) is 8.15. The molecule has 0 aromatic heterocycles. The van der Waals surface area contributed by atoms with Gasteiger partial charge >= 0.3 is 0 Å². The van der Waals surface area contributed by atoms with Gasteiger partial charge in [-0.25, -0.2) is 0 Å². The Hall–Kier alpha value is -1.69. The Labute approximate surface area is 109 Å². The van der Waals surface area contributed by atoms with Crippen molar-refractivity contribution in [2.75, 3.05) is 17.6 Å². The molecule has 1 aromatic carbocycles. The second-order valence-electron chi connectivity index (χ2n) is 5.42. The standard InChI is InChI=1S/C15H21N3/c1-11-2-4-12(5-3-11)10-18-15-7-6-13(9-16)8-14(15)17/h6-8,11-12,18H,2-5,10,17H2,1H3. The van der Waals surface area contributed by atoms with E-state index in [1.807, 2.05) is 12.1 Å². The van der Waals surface area contributed by atoms with Gasteiger partial charge in [-0.3, -0.25) is 0 Å². The first kappa shape index (κ1) is 12.8. The van der Waals surface area contributed by atoms with Crippen molar-refractivity contribution in [1.82, 2.24) is 0 Å². The first-order valence-electron chi connectivity index (χ1n) is 6.72. The van der Waals surface area contributed by atoms with Gasteiger partial charge in [0.15, 0.2) is 0 Å². The SMILES string of the molecule is CC1CCC(CNc2ccc(C#N)cc2N)CC1. The van der Waals surface area contributed by atoms with E-state index in [0.29, 0.717) is 11.3 Å².